The third kappa shape index (κ3) is 4.59. The van der Waals surface area contributed by atoms with Gasteiger partial charge in [0.25, 0.3) is 5.91 Å². The normalized spacial score (nSPS) is 16.0. The van der Waals surface area contributed by atoms with Crippen molar-refractivity contribution in [2.45, 2.75) is 34.6 Å². The monoisotopic (exact) mass is 368 g/mol. The predicted octanol–water partition coefficient (Wildman–Crippen LogP) is 3.51. The van der Waals surface area contributed by atoms with Crippen LogP contribution in [0.2, 0.25) is 0 Å². The van der Waals surface area contributed by atoms with Gasteiger partial charge in [0.1, 0.15) is 0 Å². The average Bonchev–Trinajstić information content (AvgIpc) is 2.98. The highest BCUT2D eigenvalue weighted by atomic mass is 16.2. The molecular formula is C22H32N4O. The Kier molecular flexibility index (Phi) is 5.43. The van der Waals surface area contributed by atoms with Gasteiger partial charge in [-0.05, 0) is 42.5 Å². The molecule has 1 saturated heterocycles. The highest BCUT2D eigenvalue weighted by molar-refractivity contribution is 5.93. The average molecular weight is 369 g/mol. The van der Waals surface area contributed by atoms with Crippen molar-refractivity contribution in [3.8, 4) is 11.3 Å². The predicted molar refractivity (Wildman–Crippen MR) is 110 cm³/mol. The van der Waals surface area contributed by atoms with Gasteiger partial charge in [-0.25, -0.2) is 0 Å². The third-order valence-corrected chi connectivity index (χ3v) is 5.26. The van der Waals surface area contributed by atoms with E-state index in [4.69, 9.17) is 0 Å². The first kappa shape index (κ1) is 19.6. The van der Waals surface area contributed by atoms with Gasteiger partial charge >= 0.3 is 0 Å². The van der Waals surface area contributed by atoms with Gasteiger partial charge in [0, 0.05) is 45.3 Å². The molecule has 0 spiro atoms. The van der Waals surface area contributed by atoms with E-state index in [1.165, 1.54) is 11.1 Å². The van der Waals surface area contributed by atoms with Crippen LogP contribution in [0, 0.1) is 19.3 Å². The standard InChI is InChI=1S/C22H32N4O/c1-16-7-8-18(13-17(16)2)20-14-19(23-24(20)6)21(27)26-11-9-25(10-12-26)15-22(3,4)5/h7-8,13-14H,9-12,15H2,1-6H3. The fraction of sp³-hybridized carbons (Fsp3) is 0.545. The number of hydrogen-bond acceptors (Lipinski definition) is 3. The maximum Gasteiger partial charge on any atom is 0.274 e. The van der Waals surface area contributed by atoms with Gasteiger partial charge in [-0.15, -0.1) is 0 Å². The molecule has 1 aliphatic rings. The van der Waals surface area contributed by atoms with E-state index in [1.54, 1.807) is 0 Å². The molecular weight excluding hydrogens is 336 g/mol. The molecule has 3 rings (SSSR count). The number of carbonyl (C=O) groups excluding carboxylic acids is 1. The van der Waals surface area contributed by atoms with Crippen molar-refractivity contribution < 1.29 is 4.79 Å². The smallest absolute Gasteiger partial charge is 0.274 e. The number of rotatable bonds is 3. The highest BCUT2D eigenvalue weighted by Crippen LogP contribution is 2.23. The highest BCUT2D eigenvalue weighted by Gasteiger charge is 2.26. The SMILES string of the molecule is Cc1ccc(-c2cc(C(=O)N3CCN(CC(C)(C)C)CC3)nn2C)cc1C. The minimum atomic E-state index is 0.0380. The number of piperazine rings is 1. The van der Waals surface area contributed by atoms with E-state index in [2.05, 4.69) is 62.8 Å². The number of hydrogen-bond donors (Lipinski definition) is 0. The summed E-state index contributed by atoms with van der Waals surface area (Å²) in [5.41, 5.74) is 5.42. The summed E-state index contributed by atoms with van der Waals surface area (Å²) < 4.78 is 1.81. The molecule has 0 unspecified atom stereocenters. The van der Waals surface area contributed by atoms with Crippen LogP contribution in [0.1, 0.15) is 42.4 Å². The van der Waals surface area contributed by atoms with E-state index in [0.717, 1.165) is 44.0 Å². The van der Waals surface area contributed by atoms with Crippen LogP contribution in [0.5, 0.6) is 0 Å². The maximum atomic E-state index is 12.9. The van der Waals surface area contributed by atoms with E-state index in [-0.39, 0.29) is 11.3 Å². The van der Waals surface area contributed by atoms with Crippen molar-refractivity contribution in [3.63, 3.8) is 0 Å². The molecule has 2 aromatic rings. The fourth-order valence-corrected chi connectivity index (χ4v) is 3.68. The lowest BCUT2D eigenvalue weighted by Crippen LogP contribution is -2.50. The second kappa shape index (κ2) is 7.47. The zero-order valence-electron chi connectivity index (χ0n) is 17.5. The molecule has 1 fully saturated rings. The van der Waals surface area contributed by atoms with E-state index in [1.807, 2.05) is 22.7 Å². The molecule has 5 nitrogen and oxygen atoms in total. The molecule has 5 heteroatoms. The van der Waals surface area contributed by atoms with Gasteiger partial charge in [0.15, 0.2) is 5.69 Å². The summed E-state index contributed by atoms with van der Waals surface area (Å²) in [6.45, 7) is 15.4. The molecule has 1 aromatic carbocycles. The Morgan fingerprint density at radius 2 is 1.70 bits per heavy atom. The van der Waals surface area contributed by atoms with Crippen molar-refractivity contribution in [1.29, 1.82) is 0 Å². The molecule has 1 aromatic heterocycles. The lowest BCUT2D eigenvalue weighted by molar-refractivity contribution is 0.0586. The Bertz CT molecular complexity index is 823. The van der Waals surface area contributed by atoms with Crippen LogP contribution in [0.15, 0.2) is 24.3 Å². The number of benzene rings is 1. The van der Waals surface area contributed by atoms with Crippen molar-refractivity contribution in [3.05, 3.63) is 41.1 Å². The van der Waals surface area contributed by atoms with Gasteiger partial charge in [0.05, 0.1) is 5.69 Å². The van der Waals surface area contributed by atoms with Crippen LogP contribution >= 0.6 is 0 Å². The molecule has 0 aliphatic carbocycles. The lowest BCUT2D eigenvalue weighted by atomic mass is 9.96. The lowest BCUT2D eigenvalue weighted by Gasteiger charge is -2.37. The summed E-state index contributed by atoms with van der Waals surface area (Å²) in [4.78, 5) is 17.3. The topological polar surface area (TPSA) is 41.4 Å². The molecule has 2 heterocycles. The minimum Gasteiger partial charge on any atom is -0.335 e. The Labute approximate surface area is 163 Å². The summed E-state index contributed by atoms with van der Waals surface area (Å²) in [5, 5.41) is 4.50. The number of aromatic nitrogens is 2. The Morgan fingerprint density at radius 3 is 2.30 bits per heavy atom. The zero-order chi connectivity index (χ0) is 19.8. The second-order valence-electron chi connectivity index (χ2n) is 8.97. The summed E-state index contributed by atoms with van der Waals surface area (Å²) in [6, 6.07) is 8.30. The van der Waals surface area contributed by atoms with Crippen LogP contribution < -0.4 is 0 Å². The Hall–Kier alpha value is -2.14. The van der Waals surface area contributed by atoms with Gasteiger partial charge < -0.3 is 4.90 Å². The second-order valence-corrected chi connectivity index (χ2v) is 8.97. The first-order valence-electron chi connectivity index (χ1n) is 9.77. The van der Waals surface area contributed by atoms with Crippen molar-refractivity contribution in [1.82, 2.24) is 19.6 Å². The van der Waals surface area contributed by atoms with Gasteiger partial charge in [-0.2, -0.15) is 5.10 Å². The van der Waals surface area contributed by atoms with Gasteiger partial charge in [-0.1, -0.05) is 32.9 Å². The van der Waals surface area contributed by atoms with Crippen LogP contribution in [-0.2, 0) is 7.05 Å². The maximum absolute atomic E-state index is 12.9. The molecule has 0 N–H and O–H groups in total. The first-order valence-corrected chi connectivity index (χ1v) is 9.77. The number of aryl methyl sites for hydroxylation is 3. The summed E-state index contributed by atoms with van der Waals surface area (Å²) >= 11 is 0. The number of carbonyl (C=O) groups is 1. The molecule has 0 bridgehead atoms. The Balaban J connectivity index is 1.71. The fourth-order valence-electron chi connectivity index (χ4n) is 3.68. The molecule has 27 heavy (non-hydrogen) atoms. The molecule has 0 saturated carbocycles. The summed E-state index contributed by atoms with van der Waals surface area (Å²) in [6.07, 6.45) is 0. The van der Waals surface area contributed by atoms with Crippen LogP contribution in [0.4, 0.5) is 0 Å². The van der Waals surface area contributed by atoms with Crippen molar-refractivity contribution in [2.24, 2.45) is 12.5 Å². The molecule has 0 atom stereocenters. The van der Waals surface area contributed by atoms with Gasteiger partial charge in [0.2, 0.25) is 0 Å². The van der Waals surface area contributed by atoms with E-state index >= 15 is 0 Å². The third-order valence-electron chi connectivity index (χ3n) is 5.26. The molecule has 1 amide bonds. The van der Waals surface area contributed by atoms with Gasteiger partial charge in [-0.3, -0.25) is 14.4 Å². The van der Waals surface area contributed by atoms with Crippen LogP contribution in [-0.4, -0.2) is 58.2 Å². The number of nitrogens with zero attached hydrogens (tertiary/aromatic N) is 4. The molecule has 1 aliphatic heterocycles. The van der Waals surface area contributed by atoms with E-state index in [0.29, 0.717) is 5.69 Å². The summed E-state index contributed by atoms with van der Waals surface area (Å²) in [5.74, 6) is 0.0380. The zero-order valence-corrected chi connectivity index (χ0v) is 17.5. The Morgan fingerprint density at radius 1 is 1.04 bits per heavy atom. The minimum absolute atomic E-state index is 0.0380. The molecule has 146 valence electrons. The number of amides is 1. The van der Waals surface area contributed by atoms with E-state index < -0.39 is 0 Å². The van der Waals surface area contributed by atoms with Crippen LogP contribution in [0.25, 0.3) is 11.3 Å². The molecule has 0 radical (unpaired) electrons. The van der Waals surface area contributed by atoms with E-state index in [9.17, 15) is 4.79 Å². The van der Waals surface area contributed by atoms with Crippen molar-refractivity contribution in [2.75, 3.05) is 32.7 Å². The largest absolute Gasteiger partial charge is 0.335 e. The quantitative estimate of drug-likeness (QED) is 0.832. The van der Waals surface area contributed by atoms with Crippen molar-refractivity contribution >= 4 is 5.91 Å². The first-order chi connectivity index (χ1) is 12.6. The summed E-state index contributed by atoms with van der Waals surface area (Å²) in [7, 11) is 1.91. The van der Waals surface area contributed by atoms with Crippen LogP contribution in [0.3, 0.4) is 0 Å².